The van der Waals surface area contributed by atoms with Gasteiger partial charge in [-0.3, -0.25) is 9.59 Å². The molecule has 196 valence electrons. The minimum Gasteiger partial charge on any atom is -0.483 e. The molecule has 1 N–H and O–H groups in total. The van der Waals surface area contributed by atoms with Crippen molar-refractivity contribution in [2.45, 2.75) is 39.3 Å². The molecule has 2 amide bonds. The summed E-state index contributed by atoms with van der Waals surface area (Å²) in [6.45, 7) is 4.71. The summed E-state index contributed by atoms with van der Waals surface area (Å²) in [5, 5.41) is 5.09. The molecule has 0 aromatic heterocycles. The number of rotatable bonds is 11. The standard InChI is InChI=1S/C32H33BrN2O3/c1-3-19-34-32(37)28(20-24-9-5-4-6-10-24)35(21-25-15-13-23(2)14-16-25)30(36)22-38-29-18-17-26-11-7-8-12-27(26)31(29)33/h4-18,28H,3,19-22H2,1-2H3,(H,34,37)/t28-/m1/s1. The van der Waals surface area contributed by atoms with E-state index in [0.29, 0.717) is 25.3 Å². The van der Waals surface area contributed by atoms with E-state index in [1.165, 1.54) is 0 Å². The van der Waals surface area contributed by atoms with E-state index in [1.54, 1.807) is 4.90 Å². The second-order valence-corrected chi connectivity index (χ2v) is 10.2. The molecule has 4 aromatic rings. The highest BCUT2D eigenvalue weighted by Crippen LogP contribution is 2.33. The maximum Gasteiger partial charge on any atom is 0.261 e. The number of halogens is 1. The Balaban J connectivity index is 1.62. The van der Waals surface area contributed by atoms with Crippen molar-refractivity contribution in [3.05, 3.63) is 112 Å². The van der Waals surface area contributed by atoms with E-state index < -0.39 is 6.04 Å². The zero-order chi connectivity index (χ0) is 26.9. The average molecular weight is 574 g/mol. The number of carbonyl (C=O) groups is 2. The van der Waals surface area contributed by atoms with Gasteiger partial charge in [0, 0.05) is 19.5 Å². The predicted octanol–water partition coefficient (Wildman–Crippen LogP) is 6.46. The SMILES string of the molecule is CCCNC(=O)[C@@H](Cc1ccccc1)N(Cc1ccc(C)cc1)C(=O)COc1ccc2ccccc2c1Br. The molecular weight excluding hydrogens is 540 g/mol. The molecule has 6 heteroatoms. The van der Waals surface area contributed by atoms with E-state index >= 15 is 0 Å². The first-order chi connectivity index (χ1) is 18.5. The fraction of sp³-hybridized carbons (Fsp3) is 0.250. The molecule has 0 unspecified atom stereocenters. The van der Waals surface area contributed by atoms with Gasteiger partial charge in [-0.2, -0.15) is 0 Å². The summed E-state index contributed by atoms with van der Waals surface area (Å²) in [6, 6.07) is 29.0. The minimum atomic E-state index is -0.679. The highest BCUT2D eigenvalue weighted by molar-refractivity contribution is 9.10. The van der Waals surface area contributed by atoms with E-state index in [0.717, 1.165) is 38.4 Å². The Bertz CT molecular complexity index is 1370. The number of ether oxygens (including phenoxy) is 1. The number of hydrogen-bond donors (Lipinski definition) is 1. The van der Waals surface area contributed by atoms with Crippen molar-refractivity contribution in [3.63, 3.8) is 0 Å². The van der Waals surface area contributed by atoms with Crippen LogP contribution in [-0.2, 0) is 22.6 Å². The molecular formula is C32H33BrN2O3. The van der Waals surface area contributed by atoms with Gasteiger partial charge in [0.1, 0.15) is 11.8 Å². The molecule has 4 rings (SSSR count). The number of carbonyl (C=O) groups excluding carboxylic acids is 2. The van der Waals surface area contributed by atoms with Crippen LogP contribution in [0.3, 0.4) is 0 Å². The number of aryl methyl sites for hydroxylation is 1. The van der Waals surface area contributed by atoms with Gasteiger partial charge in [-0.15, -0.1) is 0 Å². The molecule has 0 spiro atoms. The van der Waals surface area contributed by atoms with Gasteiger partial charge < -0.3 is 15.0 Å². The van der Waals surface area contributed by atoms with Crippen molar-refractivity contribution in [3.8, 4) is 5.75 Å². The number of hydrogen-bond acceptors (Lipinski definition) is 3. The van der Waals surface area contributed by atoms with E-state index in [1.807, 2.05) is 105 Å². The van der Waals surface area contributed by atoms with Gasteiger partial charge in [0.2, 0.25) is 5.91 Å². The van der Waals surface area contributed by atoms with Crippen LogP contribution in [0, 0.1) is 6.92 Å². The Morgan fingerprint density at radius 2 is 1.61 bits per heavy atom. The predicted molar refractivity (Wildman–Crippen MR) is 156 cm³/mol. The van der Waals surface area contributed by atoms with Crippen molar-refractivity contribution < 1.29 is 14.3 Å². The number of nitrogens with zero attached hydrogens (tertiary/aromatic N) is 1. The summed E-state index contributed by atoms with van der Waals surface area (Å²) in [7, 11) is 0. The molecule has 0 fully saturated rings. The third kappa shape index (κ3) is 7.01. The van der Waals surface area contributed by atoms with E-state index in [2.05, 4.69) is 21.2 Å². The molecule has 0 saturated carbocycles. The van der Waals surface area contributed by atoms with Crippen LogP contribution in [-0.4, -0.2) is 35.9 Å². The Morgan fingerprint density at radius 3 is 2.34 bits per heavy atom. The summed E-state index contributed by atoms with van der Waals surface area (Å²) in [5.74, 6) is 0.170. The molecule has 38 heavy (non-hydrogen) atoms. The third-order valence-electron chi connectivity index (χ3n) is 6.47. The van der Waals surface area contributed by atoms with Gasteiger partial charge in [-0.05, 0) is 57.2 Å². The van der Waals surface area contributed by atoms with Crippen molar-refractivity contribution >= 4 is 38.5 Å². The van der Waals surface area contributed by atoms with Crippen LogP contribution in [0.15, 0.2) is 95.5 Å². The second-order valence-electron chi connectivity index (χ2n) is 9.39. The number of amides is 2. The van der Waals surface area contributed by atoms with Gasteiger partial charge in [-0.1, -0.05) is 97.4 Å². The Morgan fingerprint density at radius 1 is 0.895 bits per heavy atom. The van der Waals surface area contributed by atoms with Crippen LogP contribution in [0.1, 0.15) is 30.0 Å². The molecule has 0 aliphatic rings. The van der Waals surface area contributed by atoms with Gasteiger partial charge in [0.15, 0.2) is 6.61 Å². The summed E-state index contributed by atoms with van der Waals surface area (Å²) in [6.07, 6.45) is 1.22. The summed E-state index contributed by atoms with van der Waals surface area (Å²) < 4.78 is 6.84. The highest BCUT2D eigenvalue weighted by Gasteiger charge is 2.30. The number of benzene rings is 4. The number of nitrogens with one attached hydrogen (secondary N) is 1. The second kappa shape index (κ2) is 13.2. The summed E-state index contributed by atoms with van der Waals surface area (Å²) >= 11 is 3.64. The molecule has 0 aliphatic carbocycles. The van der Waals surface area contributed by atoms with Gasteiger partial charge in [0.05, 0.1) is 4.47 Å². The lowest BCUT2D eigenvalue weighted by atomic mass is 10.0. The van der Waals surface area contributed by atoms with Crippen LogP contribution in [0.4, 0.5) is 0 Å². The molecule has 5 nitrogen and oxygen atoms in total. The lowest BCUT2D eigenvalue weighted by Gasteiger charge is -2.31. The quantitative estimate of drug-likeness (QED) is 0.224. The van der Waals surface area contributed by atoms with Crippen LogP contribution in [0.5, 0.6) is 5.75 Å². The fourth-order valence-corrected chi connectivity index (χ4v) is 4.97. The lowest BCUT2D eigenvalue weighted by molar-refractivity contribution is -0.142. The highest BCUT2D eigenvalue weighted by atomic mass is 79.9. The lowest BCUT2D eigenvalue weighted by Crippen LogP contribution is -2.51. The zero-order valence-electron chi connectivity index (χ0n) is 21.8. The Hall–Kier alpha value is -3.64. The largest absolute Gasteiger partial charge is 0.483 e. The Kier molecular flexibility index (Phi) is 9.55. The first-order valence-corrected chi connectivity index (χ1v) is 13.7. The molecule has 0 heterocycles. The topological polar surface area (TPSA) is 58.6 Å². The van der Waals surface area contributed by atoms with Crippen molar-refractivity contribution in [1.82, 2.24) is 10.2 Å². The van der Waals surface area contributed by atoms with Crippen LogP contribution >= 0.6 is 15.9 Å². The maximum atomic E-state index is 13.8. The zero-order valence-corrected chi connectivity index (χ0v) is 23.4. The third-order valence-corrected chi connectivity index (χ3v) is 7.29. The molecule has 1 atom stereocenters. The van der Waals surface area contributed by atoms with Crippen LogP contribution in [0.2, 0.25) is 0 Å². The van der Waals surface area contributed by atoms with Crippen molar-refractivity contribution in [2.75, 3.05) is 13.2 Å². The normalized spacial score (nSPS) is 11.7. The monoisotopic (exact) mass is 572 g/mol. The smallest absolute Gasteiger partial charge is 0.261 e. The van der Waals surface area contributed by atoms with Crippen LogP contribution in [0.25, 0.3) is 10.8 Å². The van der Waals surface area contributed by atoms with Gasteiger partial charge in [0.25, 0.3) is 5.91 Å². The Labute approximate surface area is 232 Å². The van der Waals surface area contributed by atoms with Crippen molar-refractivity contribution in [2.24, 2.45) is 0 Å². The van der Waals surface area contributed by atoms with E-state index in [4.69, 9.17) is 4.74 Å². The number of fused-ring (bicyclic) bond motifs is 1. The average Bonchev–Trinajstić information content (AvgIpc) is 2.94. The molecule has 0 saturated heterocycles. The molecule has 0 bridgehead atoms. The van der Waals surface area contributed by atoms with Crippen molar-refractivity contribution in [1.29, 1.82) is 0 Å². The minimum absolute atomic E-state index is 0.164. The molecule has 0 aliphatic heterocycles. The molecule has 0 radical (unpaired) electrons. The van der Waals surface area contributed by atoms with Gasteiger partial charge >= 0.3 is 0 Å². The van der Waals surface area contributed by atoms with E-state index in [-0.39, 0.29) is 18.4 Å². The van der Waals surface area contributed by atoms with E-state index in [9.17, 15) is 9.59 Å². The van der Waals surface area contributed by atoms with Gasteiger partial charge in [-0.25, -0.2) is 0 Å². The summed E-state index contributed by atoms with van der Waals surface area (Å²) in [4.78, 5) is 28.8. The first-order valence-electron chi connectivity index (χ1n) is 12.9. The first kappa shape index (κ1) is 27.4. The summed E-state index contributed by atoms with van der Waals surface area (Å²) in [5.41, 5.74) is 3.08. The van der Waals surface area contributed by atoms with Crippen LogP contribution < -0.4 is 10.1 Å². The fourth-order valence-electron chi connectivity index (χ4n) is 4.36. The molecule has 4 aromatic carbocycles. The maximum absolute atomic E-state index is 13.8.